The normalized spacial score (nSPS) is 38.9. The van der Waals surface area contributed by atoms with Gasteiger partial charge in [-0.25, -0.2) is 0 Å². The molecule has 2 saturated carbocycles. The van der Waals surface area contributed by atoms with Gasteiger partial charge in [0.15, 0.2) is 0 Å². The molecule has 0 saturated heterocycles. The summed E-state index contributed by atoms with van der Waals surface area (Å²) < 4.78 is 0. The van der Waals surface area contributed by atoms with Gasteiger partial charge in [-0.2, -0.15) is 0 Å². The first-order valence-corrected chi connectivity index (χ1v) is 5.95. The van der Waals surface area contributed by atoms with Gasteiger partial charge in [0.1, 0.15) is 0 Å². The molecule has 0 heterocycles. The Bertz CT molecular complexity index is 354. The van der Waals surface area contributed by atoms with Crippen LogP contribution in [0.1, 0.15) is 32.6 Å². The Morgan fingerprint density at radius 2 is 2.33 bits per heavy atom. The van der Waals surface area contributed by atoms with Crippen LogP contribution >= 0.6 is 11.6 Å². The second kappa shape index (κ2) is 3.80. The van der Waals surface area contributed by atoms with Gasteiger partial charge in [-0.05, 0) is 49.8 Å². The number of hydrogen-bond acceptors (Lipinski definition) is 1. The van der Waals surface area contributed by atoms with Crippen molar-refractivity contribution in [3.05, 3.63) is 34.9 Å². The summed E-state index contributed by atoms with van der Waals surface area (Å²) in [5.74, 6) is 0. The zero-order valence-corrected chi connectivity index (χ0v) is 9.98. The van der Waals surface area contributed by atoms with Crippen molar-refractivity contribution in [2.75, 3.05) is 0 Å². The minimum Gasteiger partial charge on any atom is -0.327 e. The van der Waals surface area contributed by atoms with E-state index in [4.69, 9.17) is 17.3 Å². The van der Waals surface area contributed by atoms with Crippen molar-refractivity contribution in [3.8, 4) is 0 Å². The van der Waals surface area contributed by atoms with Gasteiger partial charge in [0.2, 0.25) is 0 Å². The van der Waals surface area contributed by atoms with Crippen LogP contribution in [0.15, 0.2) is 34.9 Å². The molecule has 0 aromatic rings. The molecule has 2 aliphatic carbocycles. The Labute approximate surface area is 96.7 Å². The van der Waals surface area contributed by atoms with E-state index in [1.807, 2.05) is 13.0 Å². The molecule has 2 rings (SSSR count). The molecule has 1 spiro atoms. The third-order valence-electron chi connectivity index (χ3n) is 3.78. The summed E-state index contributed by atoms with van der Waals surface area (Å²) in [5.41, 5.74) is 8.78. The third kappa shape index (κ3) is 1.79. The molecule has 0 aromatic carbocycles. The average Bonchev–Trinajstić information content (AvgIpc) is 2.86. The van der Waals surface area contributed by atoms with E-state index in [1.165, 1.54) is 24.0 Å². The summed E-state index contributed by atoms with van der Waals surface area (Å²) in [7, 11) is 0. The fourth-order valence-electron chi connectivity index (χ4n) is 2.59. The van der Waals surface area contributed by atoms with Crippen molar-refractivity contribution in [1.29, 1.82) is 0 Å². The molecule has 15 heavy (non-hydrogen) atoms. The quantitative estimate of drug-likeness (QED) is 0.724. The first kappa shape index (κ1) is 11.0. The standard InChI is InChI=1S/C13H18ClN/c1-3-11(14)7-10-5-4-6-13(9(10)2)8-12(13)15/h3,7,12H,2,4-6,8,15H2,1H3/b10-7-,11-3+/t12?,13-/m1/s1. The smallest absolute Gasteiger partial charge is 0.0366 e. The second-order valence-corrected chi connectivity index (χ2v) is 5.08. The highest BCUT2D eigenvalue weighted by molar-refractivity contribution is 6.31. The van der Waals surface area contributed by atoms with Crippen molar-refractivity contribution in [2.24, 2.45) is 11.1 Å². The Morgan fingerprint density at radius 3 is 2.87 bits per heavy atom. The predicted octanol–water partition coefficient (Wildman–Crippen LogP) is 3.51. The topological polar surface area (TPSA) is 26.0 Å². The highest BCUT2D eigenvalue weighted by Crippen LogP contribution is 2.59. The van der Waals surface area contributed by atoms with Crippen molar-refractivity contribution >= 4 is 11.6 Å². The van der Waals surface area contributed by atoms with Crippen molar-refractivity contribution in [2.45, 2.75) is 38.6 Å². The molecule has 0 amide bonds. The third-order valence-corrected chi connectivity index (χ3v) is 4.11. The molecule has 0 bridgehead atoms. The van der Waals surface area contributed by atoms with E-state index in [-0.39, 0.29) is 5.41 Å². The maximum Gasteiger partial charge on any atom is 0.0366 e. The number of rotatable bonds is 1. The molecule has 0 aromatic heterocycles. The summed E-state index contributed by atoms with van der Waals surface area (Å²) >= 11 is 6.03. The van der Waals surface area contributed by atoms with Crippen LogP contribution in [-0.2, 0) is 0 Å². The fraction of sp³-hybridized carbons (Fsp3) is 0.538. The van der Waals surface area contributed by atoms with E-state index in [0.717, 1.165) is 17.9 Å². The van der Waals surface area contributed by atoms with Gasteiger partial charge < -0.3 is 5.73 Å². The number of nitrogens with two attached hydrogens (primary N) is 1. The molecule has 2 fully saturated rings. The highest BCUT2D eigenvalue weighted by atomic mass is 35.5. The lowest BCUT2D eigenvalue weighted by Gasteiger charge is -2.27. The van der Waals surface area contributed by atoms with E-state index >= 15 is 0 Å². The molecule has 82 valence electrons. The molecular formula is C13H18ClN. The first-order chi connectivity index (χ1) is 7.10. The fourth-order valence-corrected chi connectivity index (χ4v) is 2.72. The van der Waals surface area contributed by atoms with Gasteiger partial charge in [-0.3, -0.25) is 0 Å². The average molecular weight is 224 g/mol. The van der Waals surface area contributed by atoms with Crippen LogP contribution in [0.3, 0.4) is 0 Å². The van der Waals surface area contributed by atoms with E-state index in [1.54, 1.807) is 0 Å². The molecule has 2 atom stereocenters. The van der Waals surface area contributed by atoms with Crippen LogP contribution in [0.25, 0.3) is 0 Å². The van der Waals surface area contributed by atoms with Crippen molar-refractivity contribution in [3.63, 3.8) is 0 Å². The van der Waals surface area contributed by atoms with Crippen LogP contribution < -0.4 is 5.73 Å². The number of hydrogen-bond donors (Lipinski definition) is 1. The highest BCUT2D eigenvalue weighted by Gasteiger charge is 2.55. The monoisotopic (exact) mass is 223 g/mol. The molecule has 2 heteroatoms. The van der Waals surface area contributed by atoms with Crippen LogP contribution in [0.2, 0.25) is 0 Å². The van der Waals surface area contributed by atoms with E-state index in [9.17, 15) is 0 Å². The molecule has 0 aliphatic heterocycles. The zero-order chi connectivity index (χ0) is 11.1. The van der Waals surface area contributed by atoms with Crippen LogP contribution in [-0.4, -0.2) is 6.04 Å². The van der Waals surface area contributed by atoms with Crippen molar-refractivity contribution in [1.82, 2.24) is 0 Å². The minimum absolute atomic E-state index is 0.231. The van der Waals surface area contributed by atoms with Crippen LogP contribution in [0.4, 0.5) is 0 Å². The molecule has 0 radical (unpaired) electrons. The lowest BCUT2D eigenvalue weighted by Crippen LogP contribution is -2.21. The minimum atomic E-state index is 0.231. The predicted molar refractivity (Wildman–Crippen MR) is 65.7 cm³/mol. The Morgan fingerprint density at radius 1 is 1.67 bits per heavy atom. The second-order valence-electron chi connectivity index (χ2n) is 4.64. The van der Waals surface area contributed by atoms with Gasteiger partial charge in [0.25, 0.3) is 0 Å². The summed E-state index contributed by atoms with van der Waals surface area (Å²) in [5, 5.41) is 0.803. The van der Waals surface area contributed by atoms with E-state index in [0.29, 0.717) is 6.04 Å². The molecule has 2 N–H and O–H groups in total. The van der Waals surface area contributed by atoms with E-state index < -0.39 is 0 Å². The number of halogens is 1. The number of allylic oxidation sites excluding steroid dienone is 4. The Hall–Kier alpha value is -0.530. The van der Waals surface area contributed by atoms with Crippen molar-refractivity contribution < 1.29 is 0 Å². The van der Waals surface area contributed by atoms with E-state index in [2.05, 4.69) is 12.7 Å². The van der Waals surface area contributed by atoms with Gasteiger partial charge >= 0.3 is 0 Å². The van der Waals surface area contributed by atoms with Crippen LogP contribution in [0.5, 0.6) is 0 Å². The van der Waals surface area contributed by atoms with Gasteiger partial charge in [0.05, 0.1) is 0 Å². The van der Waals surface area contributed by atoms with Gasteiger partial charge in [-0.1, -0.05) is 24.3 Å². The zero-order valence-electron chi connectivity index (χ0n) is 9.22. The maximum atomic E-state index is 6.03. The summed E-state index contributed by atoms with van der Waals surface area (Å²) in [6, 6.07) is 0.332. The SMILES string of the molecule is C=C1/C(=C\C(Cl)=C/C)CCC[C@@]12CC2N. The maximum absolute atomic E-state index is 6.03. The lowest BCUT2D eigenvalue weighted by atomic mass is 9.78. The van der Waals surface area contributed by atoms with Gasteiger partial charge in [-0.15, -0.1) is 0 Å². The van der Waals surface area contributed by atoms with Gasteiger partial charge in [0, 0.05) is 16.5 Å². The summed E-state index contributed by atoms with van der Waals surface area (Å²) in [4.78, 5) is 0. The van der Waals surface area contributed by atoms with Crippen LogP contribution in [0, 0.1) is 5.41 Å². The lowest BCUT2D eigenvalue weighted by molar-refractivity contribution is 0.472. The first-order valence-electron chi connectivity index (χ1n) is 5.58. The summed E-state index contributed by atoms with van der Waals surface area (Å²) in [6.07, 6.45) is 8.59. The molecular weight excluding hydrogens is 206 g/mol. The largest absolute Gasteiger partial charge is 0.327 e. The molecule has 1 nitrogen and oxygen atoms in total. The Kier molecular flexibility index (Phi) is 2.78. The molecule has 2 aliphatic rings. The Balaban J connectivity index is 2.22. The molecule has 1 unspecified atom stereocenters. The summed E-state index contributed by atoms with van der Waals surface area (Å²) in [6.45, 7) is 6.16.